The lowest BCUT2D eigenvalue weighted by Crippen LogP contribution is -2.38. The predicted octanol–water partition coefficient (Wildman–Crippen LogP) is 2.14. The van der Waals surface area contributed by atoms with Crippen LogP contribution >= 0.6 is 11.6 Å². The molecule has 3 nitrogen and oxygen atoms in total. The van der Waals surface area contributed by atoms with Gasteiger partial charge in [0.1, 0.15) is 5.82 Å². The molecule has 1 aromatic rings. The van der Waals surface area contributed by atoms with Gasteiger partial charge in [-0.25, -0.2) is 4.39 Å². The molecule has 0 radical (unpaired) electrons. The number of aliphatic hydroxyl groups is 1. The lowest BCUT2D eigenvalue weighted by molar-refractivity contribution is 0.123. The van der Waals surface area contributed by atoms with Crippen molar-refractivity contribution in [2.24, 2.45) is 0 Å². The second-order valence-corrected chi connectivity index (χ2v) is 4.30. The van der Waals surface area contributed by atoms with E-state index in [1.807, 2.05) is 6.92 Å². The van der Waals surface area contributed by atoms with Gasteiger partial charge in [0.15, 0.2) is 0 Å². The normalized spacial score (nSPS) is 14.6. The molecular weight excluding hydrogens is 245 g/mol. The molecule has 0 aliphatic heterocycles. The Balaban J connectivity index is 2.68. The maximum atomic E-state index is 13.0. The van der Waals surface area contributed by atoms with Crippen molar-refractivity contribution >= 4 is 11.6 Å². The molecule has 1 aromatic carbocycles. The van der Waals surface area contributed by atoms with E-state index in [2.05, 4.69) is 5.32 Å². The Morgan fingerprint density at radius 3 is 2.76 bits per heavy atom. The van der Waals surface area contributed by atoms with Crippen LogP contribution < -0.4 is 5.32 Å². The summed E-state index contributed by atoms with van der Waals surface area (Å²) in [5.74, 6) is -0.432. The van der Waals surface area contributed by atoms with Gasteiger partial charge in [-0.05, 0) is 24.6 Å². The fourth-order valence-corrected chi connectivity index (χ4v) is 1.78. The molecular formula is C12H17ClFNO2. The second-order valence-electron chi connectivity index (χ2n) is 3.90. The highest BCUT2D eigenvalue weighted by Crippen LogP contribution is 2.20. The molecule has 0 amide bonds. The molecule has 1 rings (SSSR count). The first-order chi connectivity index (χ1) is 8.08. The Morgan fingerprint density at radius 2 is 2.24 bits per heavy atom. The summed E-state index contributed by atoms with van der Waals surface area (Å²) in [6.45, 7) is 2.31. The summed E-state index contributed by atoms with van der Waals surface area (Å²) in [6.07, 6.45) is 0. The van der Waals surface area contributed by atoms with E-state index in [9.17, 15) is 4.39 Å². The summed E-state index contributed by atoms with van der Waals surface area (Å²) in [6, 6.07) is 4.38. The van der Waals surface area contributed by atoms with Gasteiger partial charge >= 0.3 is 0 Å². The zero-order chi connectivity index (χ0) is 12.8. The van der Waals surface area contributed by atoms with Crippen LogP contribution in [-0.4, -0.2) is 31.5 Å². The fourth-order valence-electron chi connectivity index (χ4n) is 1.59. The van der Waals surface area contributed by atoms with E-state index in [0.717, 1.165) is 5.56 Å². The smallest absolute Gasteiger partial charge is 0.141 e. The quantitative estimate of drug-likeness (QED) is 0.824. The maximum Gasteiger partial charge on any atom is 0.141 e. The number of rotatable bonds is 6. The van der Waals surface area contributed by atoms with Crippen molar-refractivity contribution in [3.63, 3.8) is 0 Å². The largest absolute Gasteiger partial charge is 0.395 e. The van der Waals surface area contributed by atoms with E-state index in [1.54, 1.807) is 19.2 Å². The van der Waals surface area contributed by atoms with Crippen molar-refractivity contribution in [1.82, 2.24) is 5.32 Å². The van der Waals surface area contributed by atoms with Crippen molar-refractivity contribution in [3.05, 3.63) is 34.6 Å². The molecule has 17 heavy (non-hydrogen) atoms. The second kappa shape index (κ2) is 6.91. The SMILES string of the molecule is COCC(CO)NC(C)c1ccc(F)c(Cl)c1. The first-order valence-corrected chi connectivity index (χ1v) is 5.77. The third-order valence-corrected chi connectivity index (χ3v) is 2.81. The molecule has 0 spiro atoms. The number of methoxy groups -OCH3 is 1. The lowest BCUT2D eigenvalue weighted by atomic mass is 10.1. The molecule has 0 aromatic heterocycles. The molecule has 2 atom stereocenters. The minimum absolute atomic E-state index is 0.0207. The summed E-state index contributed by atoms with van der Waals surface area (Å²) in [7, 11) is 1.57. The van der Waals surface area contributed by atoms with E-state index in [-0.39, 0.29) is 23.7 Å². The first kappa shape index (κ1) is 14.4. The zero-order valence-corrected chi connectivity index (χ0v) is 10.7. The van der Waals surface area contributed by atoms with E-state index in [0.29, 0.717) is 6.61 Å². The number of nitrogens with one attached hydrogen (secondary N) is 1. The van der Waals surface area contributed by atoms with E-state index in [1.165, 1.54) is 6.07 Å². The van der Waals surface area contributed by atoms with Crippen LogP contribution in [0.4, 0.5) is 4.39 Å². The highest BCUT2D eigenvalue weighted by Gasteiger charge is 2.13. The Bertz CT molecular complexity index is 362. The minimum atomic E-state index is -0.432. The summed E-state index contributed by atoms with van der Waals surface area (Å²) < 4.78 is 18.0. The van der Waals surface area contributed by atoms with Gasteiger partial charge in [0.05, 0.1) is 24.3 Å². The van der Waals surface area contributed by atoms with Crippen molar-refractivity contribution in [2.75, 3.05) is 20.3 Å². The number of benzene rings is 1. The van der Waals surface area contributed by atoms with Crippen molar-refractivity contribution in [2.45, 2.75) is 19.0 Å². The molecule has 0 aliphatic carbocycles. The van der Waals surface area contributed by atoms with Crippen molar-refractivity contribution in [3.8, 4) is 0 Å². The Hall–Kier alpha value is -0.680. The van der Waals surface area contributed by atoms with Crippen LogP contribution in [0.5, 0.6) is 0 Å². The molecule has 2 unspecified atom stereocenters. The summed E-state index contributed by atoms with van der Waals surface area (Å²) in [4.78, 5) is 0. The van der Waals surface area contributed by atoms with Crippen LogP contribution in [0, 0.1) is 5.82 Å². The molecule has 0 bridgehead atoms. The zero-order valence-electron chi connectivity index (χ0n) is 9.91. The molecule has 0 heterocycles. The molecule has 0 fully saturated rings. The van der Waals surface area contributed by atoms with Gasteiger partial charge in [-0.15, -0.1) is 0 Å². The highest BCUT2D eigenvalue weighted by atomic mass is 35.5. The van der Waals surface area contributed by atoms with Crippen LogP contribution in [0.25, 0.3) is 0 Å². The molecule has 96 valence electrons. The molecule has 2 N–H and O–H groups in total. The number of halogens is 2. The van der Waals surface area contributed by atoms with Gasteiger partial charge in [0.25, 0.3) is 0 Å². The maximum absolute atomic E-state index is 13.0. The third kappa shape index (κ3) is 4.24. The average molecular weight is 262 g/mol. The van der Waals surface area contributed by atoms with Crippen molar-refractivity contribution in [1.29, 1.82) is 0 Å². The van der Waals surface area contributed by atoms with Crippen LogP contribution in [0.1, 0.15) is 18.5 Å². The highest BCUT2D eigenvalue weighted by molar-refractivity contribution is 6.30. The Kier molecular flexibility index (Phi) is 5.85. The first-order valence-electron chi connectivity index (χ1n) is 5.39. The third-order valence-electron chi connectivity index (χ3n) is 2.52. The van der Waals surface area contributed by atoms with E-state index in [4.69, 9.17) is 21.4 Å². The van der Waals surface area contributed by atoms with Gasteiger partial charge in [-0.2, -0.15) is 0 Å². The van der Waals surface area contributed by atoms with Gasteiger partial charge in [0, 0.05) is 13.2 Å². The molecule has 0 saturated heterocycles. The molecule has 5 heteroatoms. The molecule has 0 saturated carbocycles. The van der Waals surface area contributed by atoms with Crippen LogP contribution in [0.3, 0.4) is 0 Å². The average Bonchev–Trinajstić information content (AvgIpc) is 2.31. The minimum Gasteiger partial charge on any atom is -0.395 e. The van der Waals surface area contributed by atoms with Crippen molar-refractivity contribution < 1.29 is 14.2 Å². The van der Waals surface area contributed by atoms with Gasteiger partial charge in [-0.1, -0.05) is 17.7 Å². The number of hydrogen-bond acceptors (Lipinski definition) is 3. The fraction of sp³-hybridized carbons (Fsp3) is 0.500. The van der Waals surface area contributed by atoms with Crippen LogP contribution in [0.2, 0.25) is 5.02 Å². The van der Waals surface area contributed by atoms with Gasteiger partial charge in [-0.3, -0.25) is 0 Å². The summed E-state index contributed by atoms with van der Waals surface area (Å²) in [5, 5.41) is 12.4. The topological polar surface area (TPSA) is 41.5 Å². The molecule has 0 aliphatic rings. The summed E-state index contributed by atoms with van der Waals surface area (Å²) in [5.41, 5.74) is 0.867. The van der Waals surface area contributed by atoms with E-state index < -0.39 is 5.82 Å². The van der Waals surface area contributed by atoms with Crippen LogP contribution in [-0.2, 0) is 4.74 Å². The number of aliphatic hydroxyl groups excluding tert-OH is 1. The number of ether oxygens (including phenoxy) is 1. The monoisotopic (exact) mass is 261 g/mol. The summed E-state index contributed by atoms with van der Waals surface area (Å²) >= 11 is 5.71. The van der Waals surface area contributed by atoms with Gasteiger partial charge in [0.2, 0.25) is 0 Å². The standard InChI is InChI=1S/C12H17ClFNO2/c1-8(15-10(6-16)7-17-2)9-3-4-12(14)11(13)5-9/h3-5,8,10,15-16H,6-7H2,1-2H3. The van der Waals surface area contributed by atoms with E-state index >= 15 is 0 Å². The Labute approximate surface area is 106 Å². The van der Waals surface area contributed by atoms with Gasteiger partial charge < -0.3 is 15.2 Å². The number of hydrogen-bond donors (Lipinski definition) is 2. The lowest BCUT2D eigenvalue weighted by Gasteiger charge is -2.21. The van der Waals surface area contributed by atoms with Crippen LogP contribution in [0.15, 0.2) is 18.2 Å². The Morgan fingerprint density at radius 1 is 1.53 bits per heavy atom. The predicted molar refractivity (Wildman–Crippen MR) is 65.7 cm³/mol.